The molecule has 0 radical (unpaired) electrons. The molecule has 0 amide bonds. The molecule has 0 aliphatic rings. The number of anilines is 1. The van der Waals surface area contributed by atoms with Crippen LogP contribution < -0.4 is 5.73 Å². The van der Waals surface area contributed by atoms with Gasteiger partial charge in [0.05, 0.1) is 0 Å². The summed E-state index contributed by atoms with van der Waals surface area (Å²) in [5.74, 6) is 0. The SMILES string of the molecule is Nc1ccccc1SS. The number of rotatable bonds is 1. The van der Waals surface area contributed by atoms with E-state index in [1.807, 2.05) is 24.3 Å². The molecule has 1 aromatic rings. The predicted octanol–water partition coefficient (Wildman–Crippen LogP) is 2.21. The van der Waals surface area contributed by atoms with Crippen molar-refractivity contribution >= 4 is 28.1 Å². The van der Waals surface area contributed by atoms with Crippen LogP contribution in [0, 0.1) is 0 Å². The third-order valence-electron chi connectivity index (χ3n) is 1.02. The first-order chi connectivity index (χ1) is 4.34. The second-order valence-corrected chi connectivity index (χ2v) is 2.80. The highest BCUT2D eigenvalue weighted by molar-refractivity contribution is 8.68. The van der Waals surface area contributed by atoms with Crippen molar-refractivity contribution in [1.82, 2.24) is 0 Å². The lowest BCUT2D eigenvalue weighted by atomic mass is 10.3. The van der Waals surface area contributed by atoms with Crippen LogP contribution in [0.4, 0.5) is 5.69 Å². The van der Waals surface area contributed by atoms with Crippen molar-refractivity contribution in [1.29, 1.82) is 0 Å². The molecule has 0 aliphatic heterocycles. The Morgan fingerprint density at radius 3 is 2.44 bits per heavy atom. The van der Waals surface area contributed by atoms with Crippen LogP contribution in [0.25, 0.3) is 0 Å². The number of hydrogen-bond donors (Lipinski definition) is 2. The summed E-state index contributed by atoms with van der Waals surface area (Å²) in [6, 6.07) is 7.64. The van der Waals surface area contributed by atoms with Crippen molar-refractivity contribution in [2.45, 2.75) is 4.90 Å². The lowest BCUT2D eigenvalue weighted by Crippen LogP contribution is -1.84. The Morgan fingerprint density at radius 2 is 2.00 bits per heavy atom. The van der Waals surface area contributed by atoms with Crippen LogP contribution in [0.1, 0.15) is 0 Å². The summed E-state index contributed by atoms with van der Waals surface area (Å²) in [5, 5.41) is 0. The molecule has 0 fully saturated rings. The first kappa shape index (κ1) is 6.83. The van der Waals surface area contributed by atoms with Crippen LogP contribution in [-0.4, -0.2) is 0 Å². The Bertz CT molecular complexity index is 200. The molecule has 0 aromatic heterocycles. The molecule has 1 nitrogen and oxygen atoms in total. The molecular weight excluding hydrogens is 150 g/mol. The van der Waals surface area contributed by atoms with Crippen molar-refractivity contribution in [3.05, 3.63) is 24.3 Å². The van der Waals surface area contributed by atoms with E-state index in [0.717, 1.165) is 10.6 Å². The minimum atomic E-state index is 0.789. The molecule has 1 aromatic carbocycles. The fourth-order valence-corrected chi connectivity index (χ4v) is 1.38. The quantitative estimate of drug-likeness (QED) is 0.371. The third-order valence-corrected chi connectivity index (χ3v) is 2.18. The second-order valence-electron chi connectivity index (χ2n) is 1.63. The fourth-order valence-electron chi connectivity index (χ4n) is 0.564. The van der Waals surface area contributed by atoms with Gasteiger partial charge in [-0.15, -0.1) is 11.7 Å². The van der Waals surface area contributed by atoms with Crippen molar-refractivity contribution in [2.24, 2.45) is 0 Å². The number of thiol groups is 1. The molecule has 0 atom stereocenters. The number of nitrogens with two attached hydrogens (primary N) is 1. The van der Waals surface area contributed by atoms with Gasteiger partial charge >= 0.3 is 0 Å². The monoisotopic (exact) mass is 157 g/mol. The molecule has 0 aliphatic carbocycles. The largest absolute Gasteiger partial charge is 0.398 e. The third kappa shape index (κ3) is 1.56. The molecule has 1 rings (SSSR count). The maximum atomic E-state index is 5.56. The van der Waals surface area contributed by atoms with Gasteiger partial charge in [0, 0.05) is 10.6 Å². The van der Waals surface area contributed by atoms with Crippen LogP contribution in [0.5, 0.6) is 0 Å². The van der Waals surface area contributed by atoms with Gasteiger partial charge in [0.1, 0.15) is 0 Å². The first-order valence-corrected chi connectivity index (χ1v) is 4.37. The summed E-state index contributed by atoms with van der Waals surface area (Å²) >= 11 is 4.02. The zero-order valence-electron chi connectivity index (χ0n) is 4.74. The molecule has 0 saturated carbocycles. The molecule has 48 valence electrons. The van der Waals surface area contributed by atoms with Crippen molar-refractivity contribution in [3.63, 3.8) is 0 Å². The van der Waals surface area contributed by atoms with Crippen molar-refractivity contribution in [2.75, 3.05) is 5.73 Å². The average molecular weight is 157 g/mol. The number of para-hydroxylation sites is 1. The lowest BCUT2D eigenvalue weighted by Gasteiger charge is -1.97. The van der Waals surface area contributed by atoms with E-state index >= 15 is 0 Å². The van der Waals surface area contributed by atoms with Gasteiger partial charge in [0.25, 0.3) is 0 Å². The number of hydrogen-bond acceptors (Lipinski definition) is 3. The van der Waals surface area contributed by atoms with Crippen LogP contribution in [0.15, 0.2) is 29.2 Å². The molecule has 0 bridgehead atoms. The van der Waals surface area contributed by atoms with Crippen molar-refractivity contribution in [3.8, 4) is 0 Å². The van der Waals surface area contributed by atoms with Gasteiger partial charge in [0.2, 0.25) is 0 Å². The smallest absolute Gasteiger partial charge is 0.0460 e. The standard InChI is InChI=1S/C6H7NS2/c7-5-3-1-2-4-6(5)9-8/h1-4,8H,7H2. The minimum Gasteiger partial charge on any atom is -0.398 e. The molecule has 9 heavy (non-hydrogen) atoms. The Kier molecular flexibility index (Phi) is 2.30. The Labute approximate surface area is 63.4 Å². The van der Waals surface area contributed by atoms with E-state index in [2.05, 4.69) is 11.7 Å². The summed E-state index contributed by atoms with van der Waals surface area (Å²) in [4.78, 5) is 1.01. The number of nitrogen functional groups attached to an aromatic ring is 1. The molecule has 3 heteroatoms. The van der Waals surface area contributed by atoms with Crippen LogP contribution in [0.3, 0.4) is 0 Å². The predicted molar refractivity (Wildman–Crippen MR) is 45.7 cm³/mol. The molecule has 0 spiro atoms. The summed E-state index contributed by atoms with van der Waals surface area (Å²) in [6.45, 7) is 0. The summed E-state index contributed by atoms with van der Waals surface area (Å²) in [5.41, 5.74) is 6.35. The minimum absolute atomic E-state index is 0.789. The highest BCUT2D eigenvalue weighted by Gasteiger charge is 1.91. The van der Waals surface area contributed by atoms with Gasteiger partial charge in [-0.1, -0.05) is 22.9 Å². The molecule has 2 N–H and O–H groups in total. The fraction of sp³-hybridized carbons (Fsp3) is 0. The maximum Gasteiger partial charge on any atom is 0.0460 e. The van der Waals surface area contributed by atoms with Crippen LogP contribution in [-0.2, 0) is 0 Å². The van der Waals surface area contributed by atoms with E-state index in [4.69, 9.17) is 5.73 Å². The van der Waals surface area contributed by atoms with Gasteiger partial charge in [-0.25, -0.2) is 0 Å². The van der Waals surface area contributed by atoms with E-state index in [1.54, 1.807) is 0 Å². The van der Waals surface area contributed by atoms with E-state index in [9.17, 15) is 0 Å². The average Bonchev–Trinajstić information content (AvgIpc) is 1.89. The zero-order chi connectivity index (χ0) is 6.69. The summed E-state index contributed by atoms with van der Waals surface area (Å²) in [6.07, 6.45) is 0. The lowest BCUT2D eigenvalue weighted by molar-refractivity contribution is 1.48. The highest BCUT2D eigenvalue weighted by atomic mass is 33.1. The topological polar surface area (TPSA) is 26.0 Å². The zero-order valence-corrected chi connectivity index (χ0v) is 6.45. The summed E-state index contributed by atoms with van der Waals surface area (Å²) in [7, 11) is 1.36. The van der Waals surface area contributed by atoms with Crippen LogP contribution in [0.2, 0.25) is 0 Å². The normalized spacial score (nSPS) is 9.44. The van der Waals surface area contributed by atoms with E-state index in [0.29, 0.717) is 0 Å². The molecular formula is C6H7NS2. The van der Waals surface area contributed by atoms with Crippen molar-refractivity contribution < 1.29 is 0 Å². The second kappa shape index (κ2) is 3.03. The first-order valence-electron chi connectivity index (χ1n) is 2.50. The summed E-state index contributed by atoms with van der Waals surface area (Å²) < 4.78 is 0. The van der Waals surface area contributed by atoms with Gasteiger partial charge in [0.15, 0.2) is 0 Å². The van der Waals surface area contributed by atoms with Gasteiger partial charge in [-0.3, -0.25) is 0 Å². The Balaban J connectivity index is 3.01. The van der Waals surface area contributed by atoms with Gasteiger partial charge in [-0.05, 0) is 12.1 Å². The van der Waals surface area contributed by atoms with Gasteiger partial charge in [-0.2, -0.15) is 0 Å². The van der Waals surface area contributed by atoms with E-state index < -0.39 is 0 Å². The molecule has 0 unspecified atom stereocenters. The Hall–Kier alpha value is -0.280. The van der Waals surface area contributed by atoms with E-state index in [1.165, 1.54) is 10.8 Å². The highest BCUT2D eigenvalue weighted by Crippen LogP contribution is 2.26. The number of benzene rings is 1. The maximum absolute atomic E-state index is 5.56. The Morgan fingerprint density at radius 1 is 1.33 bits per heavy atom. The van der Waals surface area contributed by atoms with E-state index in [-0.39, 0.29) is 0 Å². The van der Waals surface area contributed by atoms with Crippen LogP contribution >= 0.6 is 22.5 Å². The molecule has 0 saturated heterocycles. The molecule has 0 heterocycles. The van der Waals surface area contributed by atoms with Gasteiger partial charge < -0.3 is 5.73 Å².